The van der Waals surface area contributed by atoms with E-state index in [1.807, 2.05) is 42.0 Å². The third-order valence-electron chi connectivity index (χ3n) is 5.53. The molecule has 0 aliphatic carbocycles. The van der Waals surface area contributed by atoms with E-state index in [4.69, 9.17) is 13.9 Å². The van der Waals surface area contributed by atoms with Crippen molar-refractivity contribution in [3.8, 4) is 11.5 Å². The normalized spacial score (nSPS) is 11.1. The number of aryl methyl sites for hydroxylation is 1. The average molecular weight is 515 g/mol. The fourth-order valence-electron chi connectivity index (χ4n) is 3.75. The van der Waals surface area contributed by atoms with E-state index in [0.29, 0.717) is 35.8 Å². The molecule has 0 saturated carbocycles. The van der Waals surface area contributed by atoms with Crippen molar-refractivity contribution >= 4 is 21.8 Å². The molecular weight excluding hydrogens is 484 g/mol. The maximum Gasteiger partial charge on any atom is 0.300 e. The lowest BCUT2D eigenvalue weighted by atomic mass is 10.1. The number of sulfonamides is 1. The standard InChI is InChI=1S/C26H30N2O7S/c1-18-23(33-2)15-20(16-24(18)34-3)26(30)28(14-8-11-19-9-6-5-7-10-19)17-21-12-13-22(35-21)25(29)27-36(4,31)32/h5-7,9-10,12-13,15-16H,8,11,14,17H2,1-4H3,(H,27,29). The zero-order valence-corrected chi connectivity index (χ0v) is 21.6. The molecule has 1 heterocycles. The number of rotatable bonds is 11. The number of ether oxygens (including phenoxy) is 2. The number of benzene rings is 2. The number of amides is 2. The molecule has 0 aliphatic rings. The smallest absolute Gasteiger partial charge is 0.300 e. The van der Waals surface area contributed by atoms with Crippen molar-refractivity contribution in [2.45, 2.75) is 26.3 Å². The molecular formula is C26H30N2O7S. The lowest BCUT2D eigenvalue weighted by Gasteiger charge is -2.23. The Labute approximate surface area is 211 Å². The summed E-state index contributed by atoms with van der Waals surface area (Å²) in [6.07, 6.45) is 2.34. The van der Waals surface area contributed by atoms with E-state index in [0.717, 1.165) is 23.8 Å². The van der Waals surface area contributed by atoms with Gasteiger partial charge in [0.2, 0.25) is 10.0 Å². The van der Waals surface area contributed by atoms with Gasteiger partial charge in [0.05, 0.1) is 27.0 Å². The molecule has 192 valence electrons. The predicted molar refractivity (Wildman–Crippen MR) is 135 cm³/mol. The molecule has 2 aromatic carbocycles. The van der Waals surface area contributed by atoms with Crippen LogP contribution in [0.4, 0.5) is 0 Å². The molecule has 1 N–H and O–H groups in total. The molecule has 0 radical (unpaired) electrons. The lowest BCUT2D eigenvalue weighted by molar-refractivity contribution is 0.0727. The van der Waals surface area contributed by atoms with Gasteiger partial charge < -0.3 is 18.8 Å². The molecule has 0 unspecified atom stereocenters. The number of nitrogens with zero attached hydrogens (tertiary/aromatic N) is 1. The molecule has 0 saturated heterocycles. The average Bonchev–Trinajstić information content (AvgIpc) is 3.31. The minimum Gasteiger partial charge on any atom is -0.496 e. The molecule has 0 aliphatic heterocycles. The molecule has 3 aromatic rings. The van der Waals surface area contributed by atoms with Crippen molar-refractivity contribution < 1.29 is 31.9 Å². The summed E-state index contributed by atoms with van der Waals surface area (Å²) in [6, 6.07) is 16.2. The van der Waals surface area contributed by atoms with Gasteiger partial charge in [0.25, 0.3) is 11.8 Å². The highest BCUT2D eigenvalue weighted by molar-refractivity contribution is 7.89. The summed E-state index contributed by atoms with van der Waals surface area (Å²) < 4.78 is 41.0. The number of furan rings is 1. The Morgan fingerprint density at radius 2 is 1.64 bits per heavy atom. The Morgan fingerprint density at radius 1 is 1.00 bits per heavy atom. The second kappa shape index (κ2) is 11.8. The van der Waals surface area contributed by atoms with E-state index in [2.05, 4.69) is 0 Å². The van der Waals surface area contributed by atoms with Crippen LogP contribution in [-0.4, -0.2) is 52.2 Å². The number of methoxy groups -OCH3 is 2. The minimum atomic E-state index is -3.74. The van der Waals surface area contributed by atoms with Gasteiger partial charge in [-0.25, -0.2) is 13.1 Å². The van der Waals surface area contributed by atoms with E-state index in [1.165, 1.54) is 20.3 Å². The van der Waals surface area contributed by atoms with Crippen LogP contribution in [0.15, 0.2) is 59.0 Å². The van der Waals surface area contributed by atoms with Crippen LogP contribution in [0.1, 0.15) is 44.2 Å². The van der Waals surface area contributed by atoms with Crippen LogP contribution < -0.4 is 14.2 Å². The van der Waals surface area contributed by atoms with Gasteiger partial charge in [-0.3, -0.25) is 9.59 Å². The van der Waals surface area contributed by atoms with E-state index >= 15 is 0 Å². The monoisotopic (exact) mass is 514 g/mol. The summed E-state index contributed by atoms with van der Waals surface area (Å²) in [4.78, 5) is 27.3. The Balaban J connectivity index is 1.84. The van der Waals surface area contributed by atoms with Gasteiger partial charge in [-0.2, -0.15) is 0 Å². The Bertz CT molecular complexity index is 1290. The predicted octanol–water partition coefficient (Wildman–Crippen LogP) is 3.57. The van der Waals surface area contributed by atoms with Crippen molar-refractivity contribution in [1.29, 1.82) is 0 Å². The fraction of sp³-hybridized carbons (Fsp3) is 0.308. The molecule has 10 heteroatoms. The van der Waals surface area contributed by atoms with Gasteiger partial charge in [-0.15, -0.1) is 0 Å². The highest BCUT2D eigenvalue weighted by Gasteiger charge is 2.22. The van der Waals surface area contributed by atoms with E-state index in [9.17, 15) is 18.0 Å². The van der Waals surface area contributed by atoms with Gasteiger partial charge in [-0.1, -0.05) is 30.3 Å². The van der Waals surface area contributed by atoms with Crippen LogP contribution >= 0.6 is 0 Å². The van der Waals surface area contributed by atoms with Crippen molar-refractivity contribution in [2.75, 3.05) is 27.0 Å². The number of hydrogen-bond donors (Lipinski definition) is 1. The quantitative estimate of drug-likeness (QED) is 0.416. The summed E-state index contributed by atoms with van der Waals surface area (Å²) in [7, 11) is -0.683. The molecule has 2 amide bonds. The van der Waals surface area contributed by atoms with E-state index in [-0.39, 0.29) is 18.2 Å². The number of carbonyl (C=O) groups excluding carboxylic acids is 2. The second-order valence-electron chi connectivity index (χ2n) is 8.29. The summed E-state index contributed by atoms with van der Waals surface area (Å²) in [6.45, 7) is 2.34. The minimum absolute atomic E-state index is 0.0816. The zero-order chi connectivity index (χ0) is 26.3. The fourth-order valence-corrected chi connectivity index (χ4v) is 4.19. The lowest BCUT2D eigenvalue weighted by Crippen LogP contribution is -2.32. The second-order valence-corrected chi connectivity index (χ2v) is 10.0. The first-order chi connectivity index (χ1) is 17.1. The maximum absolute atomic E-state index is 13.6. The maximum atomic E-state index is 13.6. The molecule has 1 aromatic heterocycles. The molecule has 36 heavy (non-hydrogen) atoms. The van der Waals surface area contributed by atoms with Crippen molar-refractivity contribution in [3.63, 3.8) is 0 Å². The van der Waals surface area contributed by atoms with E-state index in [1.54, 1.807) is 23.1 Å². The molecule has 3 rings (SSSR count). The summed E-state index contributed by atoms with van der Waals surface area (Å²) in [5.41, 5.74) is 2.32. The van der Waals surface area contributed by atoms with Crippen LogP contribution in [0.25, 0.3) is 0 Å². The van der Waals surface area contributed by atoms with Crippen LogP contribution in [0.3, 0.4) is 0 Å². The molecule has 0 bridgehead atoms. The number of hydrogen-bond acceptors (Lipinski definition) is 7. The third-order valence-corrected chi connectivity index (χ3v) is 6.09. The molecule has 0 spiro atoms. The van der Waals surface area contributed by atoms with E-state index < -0.39 is 15.9 Å². The first-order valence-electron chi connectivity index (χ1n) is 11.3. The van der Waals surface area contributed by atoms with Crippen molar-refractivity contribution in [2.24, 2.45) is 0 Å². The Morgan fingerprint density at radius 3 is 2.22 bits per heavy atom. The van der Waals surface area contributed by atoms with Crippen LogP contribution in [-0.2, 0) is 23.0 Å². The van der Waals surface area contributed by atoms with Crippen LogP contribution in [0, 0.1) is 6.92 Å². The summed E-state index contributed by atoms with van der Waals surface area (Å²) in [5.74, 6) is 0.0924. The summed E-state index contributed by atoms with van der Waals surface area (Å²) >= 11 is 0. The first kappa shape index (κ1) is 26.8. The largest absolute Gasteiger partial charge is 0.496 e. The summed E-state index contributed by atoms with van der Waals surface area (Å²) in [5, 5.41) is 0. The molecule has 0 fully saturated rings. The highest BCUT2D eigenvalue weighted by atomic mass is 32.2. The number of nitrogens with one attached hydrogen (secondary N) is 1. The van der Waals surface area contributed by atoms with Gasteiger partial charge in [0.1, 0.15) is 17.3 Å². The molecule has 0 atom stereocenters. The SMILES string of the molecule is COc1cc(C(=O)N(CCCc2ccccc2)Cc2ccc(C(=O)NS(C)(=O)=O)o2)cc(OC)c1C. The molecule has 9 nitrogen and oxygen atoms in total. The third kappa shape index (κ3) is 7.11. The Hall–Kier alpha value is -3.79. The highest BCUT2D eigenvalue weighted by Crippen LogP contribution is 2.30. The Kier molecular flexibility index (Phi) is 8.76. The van der Waals surface area contributed by atoms with Crippen LogP contribution in [0.2, 0.25) is 0 Å². The van der Waals surface area contributed by atoms with Crippen LogP contribution in [0.5, 0.6) is 11.5 Å². The van der Waals surface area contributed by atoms with Gasteiger partial charge in [0.15, 0.2) is 5.76 Å². The van der Waals surface area contributed by atoms with Gasteiger partial charge in [-0.05, 0) is 49.6 Å². The van der Waals surface area contributed by atoms with Gasteiger partial charge >= 0.3 is 0 Å². The topological polar surface area (TPSA) is 115 Å². The first-order valence-corrected chi connectivity index (χ1v) is 13.2. The van der Waals surface area contributed by atoms with Crippen molar-refractivity contribution in [1.82, 2.24) is 9.62 Å². The van der Waals surface area contributed by atoms with Crippen molar-refractivity contribution in [3.05, 3.63) is 82.8 Å². The number of carbonyl (C=O) groups is 2. The van der Waals surface area contributed by atoms with Gasteiger partial charge in [0, 0.05) is 17.7 Å². The zero-order valence-electron chi connectivity index (χ0n) is 20.7.